The molecule has 1 aliphatic rings. The van der Waals surface area contributed by atoms with Gasteiger partial charge in [0.1, 0.15) is 5.75 Å². The summed E-state index contributed by atoms with van der Waals surface area (Å²) in [6, 6.07) is 4.05. The molecule has 1 saturated carbocycles. The Balaban J connectivity index is 1.62. The molecule has 2 aromatic rings. The molecule has 1 atom stereocenters. The lowest BCUT2D eigenvalue weighted by Crippen LogP contribution is -2.41. The summed E-state index contributed by atoms with van der Waals surface area (Å²) in [7, 11) is -1.31. The summed E-state index contributed by atoms with van der Waals surface area (Å²) in [5.74, 6) is -0.153. The quantitative estimate of drug-likeness (QED) is 0.806. The maximum Gasteiger partial charge on any atom is 0.232 e. The van der Waals surface area contributed by atoms with Gasteiger partial charge in [0.05, 0.1) is 11.4 Å². The summed E-state index contributed by atoms with van der Waals surface area (Å²) in [6.07, 6.45) is 2.78. The standard InChI is InChI=1S/C17H21NO3S3/c19-15-3-1-14(2-4-15)18-16(20)11-24(21)17(12-5-7-22-9-12)13-6-8-23-10-13/h5-10,14-15,17,19H,1-4,11H2,(H,18,20). The topological polar surface area (TPSA) is 66.4 Å². The van der Waals surface area contributed by atoms with E-state index in [9.17, 15) is 14.1 Å². The van der Waals surface area contributed by atoms with E-state index in [1.165, 1.54) is 0 Å². The molecule has 2 N–H and O–H groups in total. The van der Waals surface area contributed by atoms with Crippen LogP contribution in [0.25, 0.3) is 0 Å². The molecule has 7 heteroatoms. The van der Waals surface area contributed by atoms with Gasteiger partial charge >= 0.3 is 0 Å². The predicted octanol–water partition coefficient (Wildman–Crippen LogP) is 3.07. The number of amides is 1. The lowest BCUT2D eigenvalue weighted by Gasteiger charge is -2.26. The van der Waals surface area contributed by atoms with Gasteiger partial charge in [-0.2, -0.15) is 22.7 Å². The van der Waals surface area contributed by atoms with Crippen LogP contribution in [0, 0.1) is 0 Å². The van der Waals surface area contributed by atoms with E-state index < -0.39 is 10.8 Å². The zero-order valence-electron chi connectivity index (χ0n) is 13.2. The molecule has 130 valence electrons. The van der Waals surface area contributed by atoms with Crippen LogP contribution < -0.4 is 5.32 Å². The third kappa shape index (κ3) is 4.53. The number of thiophene rings is 2. The first-order chi connectivity index (χ1) is 11.6. The summed E-state index contributed by atoms with van der Waals surface area (Å²) in [5.41, 5.74) is 2.01. The van der Waals surface area contributed by atoms with Crippen LogP contribution in [0.4, 0.5) is 0 Å². The van der Waals surface area contributed by atoms with Gasteiger partial charge in [0.25, 0.3) is 0 Å². The highest BCUT2D eigenvalue weighted by atomic mass is 32.2. The fraction of sp³-hybridized carbons (Fsp3) is 0.471. The molecule has 1 amide bonds. The molecule has 0 saturated heterocycles. The Morgan fingerprint density at radius 3 is 2.25 bits per heavy atom. The summed E-state index contributed by atoms with van der Waals surface area (Å²) in [4.78, 5) is 12.3. The Kier molecular flexibility index (Phi) is 6.21. The van der Waals surface area contributed by atoms with Crippen molar-refractivity contribution in [3.63, 3.8) is 0 Å². The van der Waals surface area contributed by atoms with E-state index in [2.05, 4.69) is 5.32 Å². The maximum absolute atomic E-state index is 12.9. The van der Waals surface area contributed by atoms with Gasteiger partial charge in [0.2, 0.25) is 5.91 Å². The summed E-state index contributed by atoms with van der Waals surface area (Å²) in [6.45, 7) is 0. The smallest absolute Gasteiger partial charge is 0.232 e. The van der Waals surface area contributed by atoms with Gasteiger partial charge in [-0.25, -0.2) is 0 Å². The van der Waals surface area contributed by atoms with Crippen molar-refractivity contribution < 1.29 is 14.1 Å². The first kappa shape index (κ1) is 17.8. The molecular formula is C17H21NO3S3. The Bertz CT molecular complexity index is 627. The average molecular weight is 384 g/mol. The highest BCUT2D eigenvalue weighted by Gasteiger charge is 2.26. The molecule has 1 fully saturated rings. The molecule has 3 rings (SSSR count). The Morgan fingerprint density at radius 2 is 1.75 bits per heavy atom. The van der Waals surface area contributed by atoms with Crippen LogP contribution in [-0.2, 0) is 15.6 Å². The van der Waals surface area contributed by atoms with Crippen molar-refractivity contribution in [1.82, 2.24) is 5.32 Å². The Labute approximate surface area is 152 Å². The van der Waals surface area contributed by atoms with E-state index in [1.807, 2.05) is 33.7 Å². The summed E-state index contributed by atoms with van der Waals surface area (Å²) < 4.78 is 12.9. The summed E-state index contributed by atoms with van der Waals surface area (Å²) in [5, 5.41) is 20.2. The SMILES string of the molecule is O=C(CS(=O)C(c1ccsc1)c1ccsc1)NC1CCC(O)CC1. The number of hydrogen-bond donors (Lipinski definition) is 2. The third-order valence-corrected chi connectivity index (χ3v) is 7.31. The normalized spacial score (nSPS) is 22.4. The van der Waals surface area contributed by atoms with Crippen LogP contribution in [0.15, 0.2) is 33.7 Å². The average Bonchev–Trinajstić information content (AvgIpc) is 3.24. The minimum atomic E-state index is -1.31. The Morgan fingerprint density at radius 1 is 1.17 bits per heavy atom. The van der Waals surface area contributed by atoms with Gasteiger partial charge < -0.3 is 10.4 Å². The second kappa shape index (κ2) is 8.38. The second-order valence-corrected chi connectivity index (χ2v) is 9.17. The number of hydrogen-bond acceptors (Lipinski definition) is 5. The Hall–Kier alpha value is -1.02. The highest BCUT2D eigenvalue weighted by molar-refractivity contribution is 7.86. The van der Waals surface area contributed by atoms with Gasteiger partial charge in [-0.3, -0.25) is 9.00 Å². The molecule has 0 radical (unpaired) electrons. The van der Waals surface area contributed by atoms with Crippen molar-refractivity contribution in [3.05, 3.63) is 44.8 Å². The molecular weight excluding hydrogens is 362 g/mol. The van der Waals surface area contributed by atoms with Crippen LogP contribution in [0.3, 0.4) is 0 Å². The predicted molar refractivity (Wildman–Crippen MR) is 99.9 cm³/mol. The fourth-order valence-electron chi connectivity index (χ4n) is 3.05. The number of aliphatic hydroxyl groups is 1. The first-order valence-corrected chi connectivity index (χ1v) is 11.3. The van der Waals surface area contributed by atoms with Gasteiger partial charge in [-0.15, -0.1) is 0 Å². The lowest BCUT2D eigenvalue weighted by molar-refractivity contribution is -0.119. The number of rotatable bonds is 6. The van der Waals surface area contributed by atoms with Crippen molar-refractivity contribution in [3.8, 4) is 0 Å². The van der Waals surface area contributed by atoms with Crippen molar-refractivity contribution >= 4 is 39.4 Å². The van der Waals surface area contributed by atoms with Crippen LogP contribution in [0.2, 0.25) is 0 Å². The molecule has 2 heterocycles. The van der Waals surface area contributed by atoms with Crippen molar-refractivity contribution in [2.45, 2.75) is 43.1 Å². The van der Waals surface area contributed by atoms with E-state index >= 15 is 0 Å². The second-order valence-electron chi connectivity index (χ2n) is 6.09. The minimum absolute atomic E-state index is 0.00934. The number of carbonyl (C=O) groups is 1. The number of carbonyl (C=O) groups excluding carboxylic acids is 1. The van der Waals surface area contributed by atoms with Gasteiger partial charge in [0.15, 0.2) is 0 Å². The molecule has 1 unspecified atom stereocenters. The minimum Gasteiger partial charge on any atom is -0.393 e. The third-order valence-electron chi connectivity index (χ3n) is 4.29. The molecule has 0 bridgehead atoms. The fourth-order valence-corrected chi connectivity index (χ4v) is 6.00. The molecule has 2 aromatic heterocycles. The van der Waals surface area contributed by atoms with Crippen LogP contribution in [0.5, 0.6) is 0 Å². The largest absolute Gasteiger partial charge is 0.393 e. The first-order valence-electron chi connectivity index (χ1n) is 8.02. The van der Waals surface area contributed by atoms with E-state index in [-0.39, 0.29) is 29.1 Å². The van der Waals surface area contributed by atoms with E-state index in [1.54, 1.807) is 22.7 Å². The van der Waals surface area contributed by atoms with Crippen LogP contribution in [-0.4, -0.2) is 33.1 Å². The van der Waals surface area contributed by atoms with Gasteiger partial charge in [0, 0.05) is 16.8 Å². The highest BCUT2D eigenvalue weighted by Crippen LogP contribution is 2.31. The monoisotopic (exact) mass is 383 g/mol. The van der Waals surface area contributed by atoms with Crippen LogP contribution >= 0.6 is 22.7 Å². The molecule has 0 aromatic carbocycles. The van der Waals surface area contributed by atoms with Crippen molar-refractivity contribution in [2.24, 2.45) is 0 Å². The van der Waals surface area contributed by atoms with Gasteiger partial charge in [-0.05, 0) is 70.5 Å². The maximum atomic E-state index is 12.9. The van der Waals surface area contributed by atoms with Crippen molar-refractivity contribution in [2.75, 3.05) is 5.75 Å². The number of aliphatic hydroxyl groups excluding tert-OH is 1. The molecule has 1 aliphatic carbocycles. The van der Waals surface area contributed by atoms with Crippen LogP contribution in [0.1, 0.15) is 42.1 Å². The molecule has 0 aliphatic heterocycles. The lowest BCUT2D eigenvalue weighted by atomic mass is 9.93. The molecule has 24 heavy (non-hydrogen) atoms. The van der Waals surface area contributed by atoms with E-state index in [0.29, 0.717) is 0 Å². The van der Waals surface area contributed by atoms with Gasteiger partial charge in [-0.1, -0.05) is 0 Å². The summed E-state index contributed by atoms with van der Waals surface area (Å²) >= 11 is 3.15. The number of nitrogens with one attached hydrogen (secondary N) is 1. The zero-order chi connectivity index (χ0) is 16.9. The van der Waals surface area contributed by atoms with E-state index in [0.717, 1.165) is 36.8 Å². The zero-order valence-corrected chi connectivity index (χ0v) is 15.7. The van der Waals surface area contributed by atoms with Crippen molar-refractivity contribution in [1.29, 1.82) is 0 Å². The molecule has 0 spiro atoms. The molecule has 4 nitrogen and oxygen atoms in total. The van der Waals surface area contributed by atoms with E-state index in [4.69, 9.17) is 0 Å².